The van der Waals surface area contributed by atoms with Crippen molar-refractivity contribution < 1.29 is 9.53 Å². The Morgan fingerprint density at radius 3 is 2.58 bits per heavy atom. The fourth-order valence-corrected chi connectivity index (χ4v) is 1.49. The summed E-state index contributed by atoms with van der Waals surface area (Å²) in [4.78, 5) is 10.5. The first kappa shape index (κ1) is 9.04. The van der Waals surface area contributed by atoms with Crippen LogP contribution in [0.5, 0.6) is 0 Å². The van der Waals surface area contributed by atoms with Gasteiger partial charge < -0.3 is 4.74 Å². The maximum absolute atomic E-state index is 10.5. The summed E-state index contributed by atoms with van der Waals surface area (Å²) in [5.74, 6) is 0.938. The van der Waals surface area contributed by atoms with Gasteiger partial charge in [0.05, 0.1) is 7.11 Å². The van der Waals surface area contributed by atoms with Crippen molar-refractivity contribution in [3.05, 3.63) is 23.5 Å². The van der Waals surface area contributed by atoms with E-state index in [1.165, 1.54) is 0 Å². The number of carbonyl (C=O) groups excluding carboxylic acids is 1. The van der Waals surface area contributed by atoms with Crippen LogP contribution >= 0.6 is 0 Å². The van der Waals surface area contributed by atoms with Gasteiger partial charge >= 0.3 is 0 Å². The molecule has 1 aliphatic rings. The molecular weight excluding hydrogens is 152 g/mol. The standard InChI is InChI=1S/C10H14O2/c1-10(2)6-8(7-11)4-5-9(10)12-3/h4-5,7H,6H2,1-3H3. The maximum Gasteiger partial charge on any atom is 0.146 e. The summed E-state index contributed by atoms with van der Waals surface area (Å²) in [5, 5.41) is 0. The molecule has 2 heteroatoms. The van der Waals surface area contributed by atoms with Crippen molar-refractivity contribution in [3.63, 3.8) is 0 Å². The molecule has 0 fully saturated rings. The SMILES string of the molecule is COC1=CC=C(C=O)CC1(C)C. The van der Waals surface area contributed by atoms with Gasteiger partial charge in [-0.2, -0.15) is 0 Å². The van der Waals surface area contributed by atoms with Crippen LogP contribution in [0.2, 0.25) is 0 Å². The van der Waals surface area contributed by atoms with Crippen molar-refractivity contribution in [2.75, 3.05) is 7.11 Å². The van der Waals surface area contributed by atoms with Gasteiger partial charge in [-0.25, -0.2) is 0 Å². The molecule has 0 aromatic carbocycles. The van der Waals surface area contributed by atoms with Crippen molar-refractivity contribution in [1.82, 2.24) is 0 Å². The van der Waals surface area contributed by atoms with E-state index in [1.54, 1.807) is 7.11 Å². The minimum absolute atomic E-state index is 0.0419. The molecule has 66 valence electrons. The second-order valence-corrected chi connectivity index (χ2v) is 3.66. The lowest BCUT2D eigenvalue weighted by Gasteiger charge is -2.29. The number of ether oxygens (including phenoxy) is 1. The third kappa shape index (κ3) is 1.58. The monoisotopic (exact) mass is 166 g/mol. The molecule has 1 aliphatic carbocycles. The highest BCUT2D eigenvalue weighted by Gasteiger charge is 2.27. The van der Waals surface area contributed by atoms with E-state index in [9.17, 15) is 4.79 Å². The normalized spacial score (nSPS) is 20.9. The molecule has 0 saturated carbocycles. The van der Waals surface area contributed by atoms with Crippen molar-refractivity contribution in [1.29, 1.82) is 0 Å². The van der Waals surface area contributed by atoms with Crippen LogP contribution in [-0.4, -0.2) is 13.4 Å². The van der Waals surface area contributed by atoms with Crippen LogP contribution < -0.4 is 0 Å². The molecule has 0 bridgehead atoms. The van der Waals surface area contributed by atoms with E-state index >= 15 is 0 Å². The van der Waals surface area contributed by atoms with E-state index in [4.69, 9.17) is 4.74 Å². The largest absolute Gasteiger partial charge is 0.501 e. The van der Waals surface area contributed by atoms with Crippen LogP contribution in [0, 0.1) is 5.41 Å². The molecule has 0 unspecified atom stereocenters. The number of rotatable bonds is 2. The van der Waals surface area contributed by atoms with Crippen LogP contribution in [0.15, 0.2) is 23.5 Å². The average Bonchev–Trinajstić information content (AvgIpc) is 2.02. The van der Waals surface area contributed by atoms with Gasteiger partial charge in [0.15, 0.2) is 0 Å². The number of carbonyl (C=O) groups is 1. The van der Waals surface area contributed by atoms with Crippen LogP contribution in [-0.2, 0) is 9.53 Å². The Morgan fingerprint density at radius 1 is 1.50 bits per heavy atom. The zero-order valence-corrected chi connectivity index (χ0v) is 7.76. The fourth-order valence-electron chi connectivity index (χ4n) is 1.49. The third-order valence-corrected chi connectivity index (χ3v) is 2.13. The van der Waals surface area contributed by atoms with Crippen molar-refractivity contribution in [3.8, 4) is 0 Å². The maximum atomic E-state index is 10.5. The highest BCUT2D eigenvalue weighted by atomic mass is 16.5. The van der Waals surface area contributed by atoms with E-state index < -0.39 is 0 Å². The van der Waals surface area contributed by atoms with Gasteiger partial charge in [0, 0.05) is 5.41 Å². The van der Waals surface area contributed by atoms with Gasteiger partial charge in [0.25, 0.3) is 0 Å². The van der Waals surface area contributed by atoms with Crippen molar-refractivity contribution >= 4 is 6.29 Å². The van der Waals surface area contributed by atoms with E-state index in [-0.39, 0.29) is 5.41 Å². The molecule has 0 radical (unpaired) electrons. The molecule has 0 saturated heterocycles. The molecule has 0 aromatic heterocycles. The van der Waals surface area contributed by atoms with Crippen molar-refractivity contribution in [2.45, 2.75) is 20.3 Å². The zero-order valence-electron chi connectivity index (χ0n) is 7.76. The lowest BCUT2D eigenvalue weighted by Crippen LogP contribution is -2.20. The van der Waals surface area contributed by atoms with Gasteiger partial charge in [-0.05, 0) is 18.1 Å². The Kier molecular flexibility index (Phi) is 2.36. The van der Waals surface area contributed by atoms with E-state index in [0.717, 1.165) is 24.0 Å². The minimum Gasteiger partial charge on any atom is -0.501 e. The molecule has 0 heterocycles. The minimum atomic E-state index is -0.0419. The predicted octanol–water partition coefficient (Wildman–Crippen LogP) is 2.07. The highest BCUT2D eigenvalue weighted by Crippen LogP contribution is 2.36. The molecule has 0 amide bonds. The van der Waals surface area contributed by atoms with Crippen LogP contribution in [0.4, 0.5) is 0 Å². The van der Waals surface area contributed by atoms with Gasteiger partial charge in [0.1, 0.15) is 12.0 Å². The molecule has 0 atom stereocenters. The summed E-state index contributed by atoms with van der Waals surface area (Å²) in [6.07, 6.45) is 5.35. The Balaban J connectivity index is 2.93. The third-order valence-electron chi connectivity index (χ3n) is 2.13. The van der Waals surface area contributed by atoms with E-state index in [2.05, 4.69) is 13.8 Å². The molecule has 1 rings (SSSR count). The lowest BCUT2D eigenvalue weighted by atomic mass is 9.80. The summed E-state index contributed by atoms with van der Waals surface area (Å²) in [7, 11) is 1.66. The summed E-state index contributed by atoms with van der Waals surface area (Å²) in [6, 6.07) is 0. The molecule has 0 N–H and O–H groups in total. The summed E-state index contributed by atoms with van der Waals surface area (Å²) in [5.41, 5.74) is 0.792. The van der Waals surface area contributed by atoms with Gasteiger partial charge in [-0.15, -0.1) is 0 Å². The quantitative estimate of drug-likeness (QED) is 0.587. The molecule has 2 nitrogen and oxygen atoms in total. The average molecular weight is 166 g/mol. The van der Waals surface area contributed by atoms with Gasteiger partial charge in [0.2, 0.25) is 0 Å². The van der Waals surface area contributed by atoms with Crippen LogP contribution in [0.1, 0.15) is 20.3 Å². The second-order valence-electron chi connectivity index (χ2n) is 3.66. The van der Waals surface area contributed by atoms with E-state index in [1.807, 2.05) is 12.2 Å². The number of allylic oxidation sites excluding steroid dienone is 4. The van der Waals surface area contributed by atoms with E-state index in [0.29, 0.717) is 0 Å². The number of hydrogen-bond donors (Lipinski definition) is 0. The summed E-state index contributed by atoms with van der Waals surface area (Å²) in [6.45, 7) is 4.14. The summed E-state index contributed by atoms with van der Waals surface area (Å²) < 4.78 is 5.20. The van der Waals surface area contributed by atoms with Gasteiger partial charge in [-0.3, -0.25) is 4.79 Å². The molecular formula is C10H14O2. The molecule has 0 spiro atoms. The number of hydrogen-bond acceptors (Lipinski definition) is 2. The first-order valence-electron chi connectivity index (χ1n) is 4.00. The predicted molar refractivity (Wildman–Crippen MR) is 47.6 cm³/mol. The number of aldehydes is 1. The molecule has 0 aliphatic heterocycles. The smallest absolute Gasteiger partial charge is 0.146 e. The first-order chi connectivity index (χ1) is 5.60. The Labute approximate surface area is 72.9 Å². The lowest BCUT2D eigenvalue weighted by molar-refractivity contribution is -0.105. The Morgan fingerprint density at radius 2 is 2.17 bits per heavy atom. The topological polar surface area (TPSA) is 26.3 Å². The number of methoxy groups -OCH3 is 1. The Hall–Kier alpha value is -1.05. The van der Waals surface area contributed by atoms with Crippen molar-refractivity contribution in [2.24, 2.45) is 5.41 Å². The second kappa shape index (κ2) is 3.13. The highest BCUT2D eigenvalue weighted by molar-refractivity contribution is 5.74. The first-order valence-corrected chi connectivity index (χ1v) is 4.00. The van der Waals surface area contributed by atoms with Crippen LogP contribution in [0.25, 0.3) is 0 Å². The van der Waals surface area contributed by atoms with Crippen LogP contribution in [0.3, 0.4) is 0 Å². The fraction of sp³-hybridized carbons (Fsp3) is 0.500. The Bertz CT molecular complexity index is 247. The zero-order chi connectivity index (χ0) is 9.19. The molecule has 12 heavy (non-hydrogen) atoms. The van der Waals surface area contributed by atoms with Gasteiger partial charge in [-0.1, -0.05) is 19.9 Å². The summed E-state index contributed by atoms with van der Waals surface area (Å²) >= 11 is 0. The molecule has 0 aromatic rings.